The maximum atomic E-state index is 13.9. The van der Waals surface area contributed by atoms with Crippen molar-refractivity contribution >= 4 is 5.91 Å². The van der Waals surface area contributed by atoms with Gasteiger partial charge in [-0.1, -0.05) is 6.07 Å². The van der Waals surface area contributed by atoms with Gasteiger partial charge in [0.25, 0.3) is 5.91 Å². The zero-order valence-corrected chi connectivity index (χ0v) is 12.5. The van der Waals surface area contributed by atoms with Crippen molar-refractivity contribution in [1.82, 2.24) is 9.88 Å². The summed E-state index contributed by atoms with van der Waals surface area (Å²) < 4.78 is 40.2. The molecule has 0 saturated heterocycles. The van der Waals surface area contributed by atoms with Crippen LogP contribution in [0.15, 0.2) is 36.5 Å². The Balaban J connectivity index is 1.93. The Hall–Kier alpha value is -2.37. The zero-order chi connectivity index (χ0) is 16.6. The van der Waals surface area contributed by atoms with E-state index >= 15 is 0 Å². The lowest BCUT2D eigenvalue weighted by Crippen LogP contribution is -2.33. The monoisotopic (exact) mass is 320 g/mol. The van der Waals surface area contributed by atoms with Crippen LogP contribution < -0.4 is 0 Å². The van der Waals surface area contributed by atoms with Gasteiger partial charge in [0.1, 0.15) is 5.82 Å². The van der Waals surface area contributed by atoms with Gasteiger partial charge in [0, 0.05) is 19.3 Å². The molecule has 1 fully saturated rings. The predicted molar refractivity (Wildman–Crippen MR) is 78.1 cm³/mol. The van der Waals surface area contributed by atoms with E-state index in [2.05, 4.69) is 4.98 Å². The molecule has 120 valence electrons. The third kappa shape index (κ3) is 3.06. The van der Waals surface area contributed by atoms with Crippen molar-refractivity contribution in [2.75, 3.05) is 7.05 Å². The number of aromatic nitrogens is 1. The summed E-state index contributed by atoms with van der Waals surface area (Å²) in [5, 5.41) is 0. The number of hydrogen-bond acceptors (Lipinski definition) is 2. The standard InChI is InChI=1S/C17H15F3N2O/c1-22(16(10-5-6-10)15-4-2-3-7-21-15)17(23)11-8-13(19)14(20)9-12(11)18/h2-4,7-10,16H,5-6H2,1H3. The molecular weight excluding hydrogens is 305 g/mol. The number of pyridine rings is 1. The minimum absolute atomic E-state index is 0.243. The summed E-state index contributed by atoms with van der Waals surface area (Å²) >= 11 is 0. The van der Waals surface area contributed by atoms with Crippen LogP contribution in [0.5, 0.6) is 0 Å². The number of halogens is 3. The molecule has 0 aliphatic heterocycles. The molecule has 1 unspecified atom stereocenters. The molecule has 1 aromatic carbocycles. The zero-order valence-electron chi connectivity index (χ0n) is 12.5. The first-order valence-electron chi connectivity index (χ1n) is 7.31. The summed E-state index contributed by atoms with van der Waals surface area (Å²) in [6.07, 6.45) is 3.51. The molecule has 1 saturated carbocycles. The number of benzene rings is 1. The van der Waals surface area contributed by atoms with Gasteiger partial charge in [-0.3, -0.25) is 9.78 Å². The SMILES string of the molecule is CN(C(=O)c1cc(F)c(F)cc1F)C(c1ccccn1)C1CC1. The van der Waals surface area contributed by atoms with E-state index in [0.29, 0.717) is 17.8 Å². The second kappa shape index (κ2) is 6.02. The van der Waals surface area contributed by atoms with E-state index in [1.807, 2.05) is 6.07 Å². The average molecular weight is 320 g/mol. The predicted octanol–water partition coefficient (Wildman–Crippen LogP) is 3.72. The lowest BCUT2D eigenvalue weighted by molar-refractivity contribution is 0.0701. The second-order valence-corrected chi connectivity index (χ2v) is 5.70. The number of rotatable bonds is 4. The summed E-state index contributed by atoms with van der Waals surface area (Å²) in [5.41, 5.74) is 0.224. The highest BCUT2D eigenvalue weighted by Gasteiger charge is 2.38. The van der Waals surface area contributed by atoms with Crippen LogP contribution in [0.4, 0.5) is 13.2 Å². The van der Waals surface area contributed by atoms with E-state index in [9.17, 15) is 18.0 Å². The van der Waals surface area contributed by atoms with Crippen molar-refractivity contribution < 1.29 is 18.0 Å². The third-order valence-corrected chi connectivity index (χ3v) is 4.04. The second-order valence-electron chi connectivity index (χ2n) is 5.70. The number of carbonyl (C=O) groups excluding carboxylic acids is 1. The molecule has 0 bridgehead atoms. The van der Waals surface area contributed by atoms with E-state index in [4.69, 9.17) is 0 Å². The van der Waals surface area contributed by atoms with Crippen LogP contribution in [0, 0.1) is 23.4 Å². The third-order valence-electron chi connectivity index (χ3n) is 4.04. The lowest BCUT2D eigenvalue weighted by atomic mass is 10.0. The summed E-state index contributed by atoms with van der Waals surface area (Å²) in [6.45, 7) is 0. The van der Waals surface area contributed by atoms with E-state index in [1.165, 1.54) is 11.9 Å². The van der Waals surface area contributed by atoms with Crippen LogP contribution in [0.25, 0.3) is 0 Å². The molecule has 23 heavy (non-hydrogen) atoms. The molecule has 1 aliphatic rings. The van der Waals surface area contributed by atoms with Crippen LogP contribution in [0.2, 0.25) is 0 Å². The van der Waals surface area contributed by atoms with Crippen molar-refractivity contribution in [3.05, 3.63) is 65.2 Å². The highest BCUT2D eigenvalue weighted by Crippen LogP contribution is 2.43. The van der Waals surface area contributed by atoms with Crippen molar-refractivity contribution in [2.24, 2.45) is 5.92 Å². The van der Waals surface area contributed by atoms with Crippen LogP contribution >= 0.6 is 0 Å². The van der Waals surface area contributed by atoms with E-state index in [-0.39, 0.29) is 12.0 Å². The molecule has 3 nitrogen and oxygen atoms in total. The molecule has 1 aliphatic carbocycles. The van der Waals surface area contributed by atoms with Gasteiger partial charge in [-0.05, 0) is 37.0 Å². The van der Waals surface area contributed by atoms with E-state index in [0.717, 1.165) is 12.8 Å². The molecule has 0 spiro atoms. The Morgan fingerprint density at radius 3 is 2.48 bits per heavy atom. The summed E-state index contributed by atoms with van der Waals surface area (Å²) in [4.78, 5) is 18.2. The molecule has 1 amide bonds. The first kappa shape index (κ1) is 15.5. The van der Waals surface area contributed by atoms with Gasteiger partial charge in [-0.15, -0.1) is 0 Å². The van der Waals surface area contributed by atoms with E-state index < -0.39 is 28.9 Å². The first-order valence-corrected chi connectivity index (χ1v) is 7.31. The summed E-state index contributed by atoms with van der Waals surface area (Å²) in [7, 11) is 1.53. The van der Waals surface area contributed by atoms with E-state index in [1.54, 1.807) is 18.3 Å². The Bertz CT molecular complexity index is 732. The Labute approximate surface area is 131 Å². The van der Waals surface area contributed by atoms with Crippen molar-refractivity contribution in [3.8, 4) is 0 Å². The van der Waals surface area contributed by atoms with Gasteiger partial charge in [0.2, 0.25) is 0 Å². The quantitative estimate of drug-likeness (QED) is 0.804. The highest BCUT2D eigenvalue weighted by molar-refractivity contribution is 5.94. The minimum Gasteiger partial charge on any atom is -0.333 e. The first-order chi connectivity index (χ1) is 11.0. The van der Waals surface area contributed by atoms with Gasteiger partial charge in [0.05, 0.1) is 17.3 Å². The number of nitrogens with zero attached hydrogens (tertiary/aromatic N) is 2. The van der Waals surface area contributed by atoms with Crippen LogP contribution in [0.3, 0.4) is 0 Å². The summed E-state index contributed by atoms with van der Waals surface area (Å²) in [6, 6.07) is 6.07. The molecule has 1 atom stereocenters. The number of amides is 1. The maximum Gasteiger partial charge on any atom is 0.257 e. The molecule has 1 aromatic heterocycles. The maximum absolute atomic E-state index is 13.9. The largest absolute Gasteiger partial charge is 0.333 e. The lowest BCUT2D eigenvalue weighted by Gasteiger charge is -2.28. The topological polar surface area (TPSA) is 33.2 Å². The normalized spacial score (nSPS) is 15.3. The van der Waals surface area contributed by atoms with Crippen molar-refractivity contribution in [1.29, 1.82) is 0 Å². The minimum atomic E-state index is -1.31. The summed E-state index contributed by atoms with van der Waals surface area (Å²) in [5.74, 6) is -4.08. The number of hydrogen-bond donors (Lipinski definition) is 0. The van der Waals surface area contributed by atoms with Gasteiger partial charge >= 0.3 is 0 Å². The van der Waals surface area contributed by atoms with Crippen molar-refractivity contribution in [2.45, 2.75) is 18.9 Å². The highest BCUT2D eigenvalue weighted by atomic mass is 19.2. The van der Waals surface area contributed by atoms with Crippen LogP contribution in [0.1, 0.15) is 34.9 Å². The molecule has 3 rings (SSSR count). The fraction of sp³-hybridized carbons (Fsp3) is 0.294. The number of carbonyl (C=O) groups is 1. The van der Waals surface area contributed by atoms with Gasteiger partial charge in [-0.25, -0.2) is 13.2 Å². The molecule has 0 radical (unpaired) electrons. The smallest absolute Gasteiger partial charge is 0.257 e. The van der Waals surface area contributed by atoms with Crippen LogP contribution in [-0.4, -0.2) is 22.8 Å². The fourth-order valence-corrected chi connectivity index (χ4v) is 2.72. The molecule has 1 heterocycles. The fourth-order valence-electron chi connectivity index (χ4n) is 2.72. The van der Waals surface area contributed by atoms with Crippen molar-refractivity contribution in [3.63, 3.8) is 0 Å². The Kier molecular flexibility index (Phi) is 4.07. The Morgan fingerprint density at radius 1 is 1.17 bits per heavy atom. The molecule has 0 N–H and O–H groups in total. The molecule has 2 aromatic rings. The van der Waals surface area contributed by atoms with Gasteiger partial charge < -0.3 is 4.90 Å². The van der Waals surface area contributed by atoms with Gasteiger partial charge in [0.15, 0.2) is 11.6 Å². The average Bonchev–Trinajstić information content (AvgIpc) is 3.36. The molecule has 6 heteroatoms. The molecular formula is C17H15F3N2O. The van der Waals surface area contributed by atoms with Crippen LogP contribution in [-0.2, 0) is 0 Å². The van der Waals surface area contributed by atoms with Gasteiger partial charge in [-0.2, -0.15) is 0 Å². The Morgan fingerprint density at radius 2 is 1.87 bits per heavy atom.